The fourth-order valence-corrected chi connectivity index (χ4v) is 4.63. The highest BCUT2D eigenvalue weighted by atomic mass is 32.1. The van der Waals surface area contributed by atoms with Crippen LogP contribution in [0, 0.1) is 5.92 Å². The minimum Gasteiger partial charge on any atom is -0.450 e. The van der Waals surface area contributed by atoms with Crippen LogP contribution in [-0.4, -0.2) is 36.6 Å². The molecule has 156 valence electrons. The van der Waals surface area contributed by atoms with Gasteiger partial charge >= 0.3 is 6.09 Å². The number of rotatable bonds is 7. The van der Waals surface area contributed by atoms with E-state index in [2.05, 4.69) is 24.4 Å². The maximum atomic E-state index is 12.8. The monoisotopic (exact) mass is 414 g/mol. The third kappa shape index (κ3) is 5.82. The highest BCUT2D eigenvalue weighted by Crippen LogP contribution is 2.29. The topological polar surface area (TPSA) is 58.6 Å². The van der Waals surface area contributed by atoms with Crippen molar-refractivity contribution in [3.8, 4) is 0 Å². The molecule has 2 aromatic rings. The minimum absolute atomic E-state index is 0.00693. The summed E-state index contributed by atoms with van der Waals surface area (Å²) >= 11 is 1.56. The first-order chi connectivity index (χ1) is 14.1. The van der Waals surface area contributed by atoms with Crippen LogP contribution in [0.3, 0.4) is 0 Å². The maximum absolute atomic E-state index is 12.8. The molecule has 1 aromatic carbocycles. The summed E-state index contributed by atoms with van der Waals surface area (Å²) in [6.07, 6.45) is 3.45. The van der Waals surface area contributed by atoms with E-state index in [0.717, 1.165) is 36.1 Å². The number of thiophene rings is 1. The Morgan fingerprint density at radius 1 is 1.14 bits per heavy atom. The lowest BCUT2D eigenvalue weighted by Crippen LogP contribution is -2.40. The Labute approximate surface area is 177 Å². The fourth-order valence-electron chi connectivity index (χ4n) is 3.78. The third-order valence-corrected chi connectivity index (χ3v) is 6.68. The number of nitrogens with zero attached hydrogens (tertiary/aromatic N) is 1. The second-order valence-corrected chi connectivity index (χ2v) is 8.59. The molecular formula is C23H30N2O3S. The van der Waals surface area contributed by atoms with Crippen LogP contribution < -0.4 is 5.32 Å². The van der Waals surface area contributed by atoms with Crippen LogP contribution in [0.5, 0.6) is 0 Å². The lowest BCUT2D eigenvalue weighted by Gasteiger charge is -2.33. The molecule has 1 aromatic heterocycles. The van der Waals surface area contributed by atoms with Gasteiger partial charge in [0.2, 0.25) is 0 Å². The number of carbonyl (C=O) groups excluding carboxylic acids is 2. The molecule has 2 heterocycles. The summed E-state index contributed by atoms with van der Waals surface area (Å²) in [5, 5.41) is 3.25. The number of ether oxygens (including phenoxy) is 1. The summed E-state index contributed by atoms with van der Waals surface area (Å²) in [6.45, 7) is 5.76. The van der Waals surface area contributed by atoms with Crippen LogP contribution in [-0.2, 0) is 11.2 Å². The predicted molar refractivity (Wildman–Crippen MR) is 116 cm³/mol. The number of aryl methyl sites for hydroxylation is 1. The first-order valence-corrected chi connectivity index (χ1v) is 11.3. The van der Waals surface area contributed by atoms with Crippen molar-refractivity contribution in [1.82, 2.24) is 10.2 Å². The first kappa shape index (κ1) is 21.4. The van der Waals surface area contributed by atoms with Gasteiger partial charge in [-0.3, -0.25) is 4.79 Å². The number of carbonyl (C=O) groups is 2. The molecule has 1 aliphatic heterocycles. The molecule has 1 N–H and O–H groups in total. The van der Waals surface area contributed by atoms with Crippen molar-refractivity contribution < 1.29 is 14.3 Å². The Bertz CT molecular complexity index is 797. The Morgan fingerprint density at radius 3 is 2.48 bits per heavy atom. The van der Waals surface area contributed by atoms with Crippen molar-refractivity contribution in [3.63, 3.8) is 0 Å². The fraction of sp³-hybridized carbons (Fsp3) is 0.478. The quantitative estimate of drug-likeness (QED) is 0.690. The summed E-state index contributed by atoms with van der Waals surface area (Å²) in [7, 11) is 0. The molecule has 0 saturated carbocycles. The molecule has 0 unspecified atom stereocenters. The van der Waals surface area contributed by atoms with Crippen LogP contribution in [0.2, 0.25) is 0 Å². The maximum Gasteiger partial charge on any atom is 0.409 e. The Balaban J connectivity index is 1.64. The molecule has 0 spiro atoms. The summed E-state index contributed by atoms with van der Waals surface area (Å²) in [6, 6.07) is 14.1. The second kappa shape index (κ2) is 10.4. The van der Waals surface area contributed by atoms with Gasteiger partial charge in [-0.2, -0.15) is 0 Å². The van der Waals surface area contributed by atoms with Gasteiger partial charge in [-0.25, -0.2) is 4.79 Å². The Morgan fingerprint density at radius 2 is 1.86 bits per heavy atom. The number of amides is 2. The van der Waals surface area contributed by atoms with Crippen LogP contribution in [0.1, 0.15) is 59.3 Å². The van der Waals surface area contributed by atoms with E-state index in [1.807, 2.05) is 37.3 Å². The molecule has 1 fully saturated rings. The summed E-state index contributed by atoms with van der Waals surface area (Å²) in [5.74, 6) is 0.452. The van der Waals surface area contributed by atoms with Gasteiger partial charge in [0.15, 0.2) is 0 Å². The van der Waals surface area contributed by atoms with Gasteiger partial charge in [-0.15, -0.1) is 11.3 Å². The normalized spacial score (nSPS) is 15.7. The SMILES string of the molecule is CCOC(=O)N1CCC(C[C@H](NC(=O)c2ccc(CC)s2)c2ccccc2)CC1. The zero-order valence-electron chi connectivity index (χ0n) is 17.2. The average molecular weight is 415 g/mol. The van der Waals surface area contributed by atoms with Crippen molar-refractivity contribution >= 4 is 23.3 Å². The number of nitrogens with one attached hydrogen (secondary N) is 1. The lowest BCUT2D eigenvalue weighted by molar-refractivity contribution is 0.0875. The van der Waals surface area contributed by atoms with Crippen molar-refractivity contribution in [3.05, 3.63) is 57.8 Å². The Kier molecular flexibility index (Phi) is 7.69. The van der Waals surface area contributed by atoms with E-state index in [1.165, 1.54) is 4.88 Å². The second-order valence-electron chi connectivity index (χ2n) is 7.42. The third-order valence-electron chi connectivity index (χ3n) is 5.45. The van der Waals surface area contributed by atoms with E-state index in [0.29, 0.717) is 25.6 Å². The van der Waals surface area contributed by atoms with Gasteiger partial charge in [0, 0.05) is 18.0 Å². The number of likely N-dealkylation sites (tertiary alicyclic amines) is 1. The van der Waals surface area contributed by atoms with Gasteiger partial charge in [0.25, 0.3) is 5.91 Å². The molecule has 1 atom stereocenters. The predicted octanol–water partition coefficient (Wildman–Crippen LogP) is 5.04. The first-order valence-electron chi connectivity index (χ1n) is 10.5. The zero-order chi connectivity index (χ0) is 20.6. The van der Waals surface area contributed by atoms with E-state index < -0.39 is 0 Å². The summed E-state index contributed by atoms with van der Waals surface area (Å²) < 4.78 is 5.11. The van der Waals surface area contributed by atoms with E-state index in [1.54, 1.807) is 16.2 Å². The van der Waals surface area contributed by atoms with E-state index in [9.17, 15) is 9.59 Å². The van der Waals surface area contributed by atoms with Crippen molar-refractivity contribution in [1.29, 1.82) is 0 Å². The number of piperidine rings is 1. The molecule has 29 heavy (non-hydrogen) atoms. The molecule has 0 radical (unpaired) electrons. The summed E-state index contributed by atoms with van der Waals surface area (Å²) in [5.41, 5.74) is 1.13. The van der Waals surface area contributed by atoms with Crippen LogP contribution in [0.25, 0.3) is 0 Å². The van der Waals surface area contributed by atoms with Crippen molar-refractivity contribution in [2.75, 3.05) is 19.7 Å². The summed E-state index contributed by atoms with van der Waals surface area (Å²) in [4.78, 5) is 28.5. The van der Waals surface area contributed by atoms with Gasteiger partial charge in [-0.1, -0.05) is 37.3 Å². The van der Waals surface area contributed by atoms with Crippen LogP contribution in [0.4, 0.5) is 4.79 Å². The molecule has 1 aliphatic rings. The average Bonchev–Trinajstić information content (AvgIpc) is 3.24. The number of hydrogen-bond donors (Lipinski definition) is 1. The van der Waals surface area contributed by atoms with Gasteiger partial charge in [-0.05, 0) is 56.2 Å². The molecule has 0 aliphatic carbocycles. The van der Waals surface area contributed by atoms with Crippen molar-refractivity contribution in [2.24, 2.45) is 5.92 Å². The van der Waals surface area contributed by atoms with Crippen molar-refractivity contribution in [2.45, 2.75) is 45.6 Å². The zero-order valence-corrected chi connectivity index (χ0v) is 18.0. The molecule has 5 nitrogen and oxygen atoms in total. The highest BCUT2D eigenvalue weighted by molar-refractivity contribution is 7.14. The molecule has 0 bridgehead atoms. The molecule has 2 amide bonds. The van der Waals surface area contributed by atoms with Gasteiger partial charge in [0.05, 0.1) is 17.5 Å². The highest BCUT2D eigenvalue weighted by Gasteiger charge is 2.27. The lowest BCUT2D eigenvalue weighted by atomic mass is 9.87. The van der Waals surface area contributed by atoms with Crippen LogP contribution >= 0.6 is 11.3 Å². The number of hydrogen-bond acceptors (Lipinski definition) is 4. The minimum atomic E-state index is -0.219. The molecular weight excluding hydrogens is 384 g/mol. The Hall–Kier alpha value is -2.34. The van der Waals surface area contributed by atoms with Crippen LogP contribution in [0.15, 0.2) is 42.5 Å². The molecule has 6 heteroatoms. The van der Waals surface area contributed by atoms with Gasteiger partial charge < -0.3 is 15.0 Å². The largest absolute Gasteiger partial charge is 0.450 e. The molecule has 1 saturated heterocycles. The number of benzene rings is 1. The molecule has 3 rings (SSSR count). The van der Waals surface area contributed by atoms with Gasteiger partial charge in [0.1, 0.15) is 0 Å². The van der Waals surface area contributed by atoms with E-state index in [-0.39, 0.29) is 18.0 Å². The van der Waals surface area contributed by atoms with E-state index in [4.69, 9.17) is 4.74 Å². The smallest absolute Gasteiger partial charge is 0.409 e. The van der Waals surface area contributed by atoms with E-state index >= 15 is 0 Å². The standard InChI is InChI=1S/C23H30N2O3S/c1-3-19-10-11-21(29-19)22(26)24-20(18-8-6-5-7-9-18)16-17-12-14-25(15-13-17)23(27)28-4-2/h5-11,17,20H,3-4,12-16H2,1-2H3,(H,24,26)/t20-/m0/s1.